The summed E-state index contributed by atoms with van der Waals surface area (Å²) >= 11 is 2.13. The molecule has 20 heavy (non-hydrogen) atoms. The smallest absolute Gasteiger partial charge is 0.118 e. The minimum atomic E-state index is 0.845. The summed E-state index contributed by atoms with van der Waals surface area (Å²) in [6.45, 7) is 2.62. The lowest BCUT2D eigenvalue weighted by Crippen LogP contribution is -2.36. The van der Waals surface area contributed by atoms with Gasteiger partial charge in [-0.2, -0.15) is 11.8 Å². The first-order valence-corrected chi connectivity index (χ1v) is 8.95. The summed E-state index contributed by atoms with van der Waals surface area (Å²) in [5, 5.41) is 0. The van der Waals surface area contributed by atoms with Crippen LogP contribution < -0.4 is 4.74 Å². The second-order valence-electron chi connectivity index (χ2n) is 6.05. The Morgan fingerprint density at radius 1 is 1.15 bits per heavy atom. The predicted molar refractivity (Wildman–Crippen MR) is 86.7 cm³/mol. The molecule has 3 heteroatoms. The topological polar surface area (TPSA) is 12.5 Å². The van der Waals surface area contributed by atoms with Gasteiger partial charge in [-0.05, 0) is 67.3 Å². The number of ether oxygens (including phenoxy) is 1. The highest BCUT2D eigenvalue weighted by Crippen LogP contribution is 2.28. The first-order valence-electron chi connectivity index (χ1n) is 7.80. The molecule has 0 amide bonds. The van der Waals surface area contributed by atoms with Gasteiger partial charge in [0.2, 0.25) is 0 Å². The molecule has 3 rings (SSSR count). The van der Waals surface area contributed by atoms with Crippen LogP contribution in [0.15, 0.2) is 24.3 Å². The number of rotatable bonds is 4. The molecule has 1 aromatic rings. The van der Waals surface area contributed by atoms with Crippen molar-refractivity contribution in [2.24, 2.45) is 5.92 Å². The third-order valence-electron chi connectivity index (χ3n) is 4.71. The van der Waals surface area contributed by atoms with Crippen LogP contribution in [0.2, 0.25) is 0 Å². The third-order valence-corrected chi connectivity index (χ3v) is 5.76. The van der Waals surface area contributed by atoms with Crippen LogP contribution in [0.25, 0.3) is 0 Å². The molecule has 1 atom stereocenters. The number of methoxy groups -OCH3 is 1. The molecule has 0 N–H and O–H groups in total. The highest BCUT2D eigenvalue weighted by Gasteiger charge is 2.29. The van der Waals surface area contributed by atoms with Gasteiger partial charge in [-0.1, -0.05) is 12.1 Å². The van der Waals surface area contributed by atoms with Gasteiger partial charge in [0.15, 0.2) is 0 Å². The van der Waals surface area contributed by atoms with Crippen molar-refractivity contribution in [1.29, 1.82) is 0 Å². The van der Waals surface area contributed by atoms with Gasteiger partial charge in [0, 0.05) is 12.6 Å². The van der Waals surface area contributed by atoms with Gasteiger partial charge in [0.1, 0.15) is 5.75 Å². The normalized spacial score (nSPS) is 24.9. The summed E-state index contributed by atoms with van der Waals surface area (Å²) < 4.78 is 5.23. The van der Waals surface area contributed by atoms with Gasteiger partial charge in [0.25, 0.3) is 0 Å². The summed E-state index contributed by atoms with van der Waals surface area (Å²) in [5.74, 6) is 4.54. The van der Waals surface area contributed by atoms with Crippen molar-refractivity contribution >= 4 is 11.8 Å². The van der Waals surface area contributed by atoms with Crippen LogP contribution in [0.5, 0.6) is 5.75 Å². The molecule has 1 aromatic carbocycles. The van der Waals surface area contributed by atoms with Crippen molar-refractivity contribution in [3.63, 3.8) is 0 Å². The lowest BCUT2D eigenvalue weighted by molar-refractivity contribution is 0.221. The van der Waals surface area contributed by atoms with E-state index in [1.165, 1.54) is 55.8 Å². The van der Waals surface area contributed by atoms with Crippen molar-refractivity contribution in [1.82, 2.24) is 4.90 Å². The molecular weight excluding hydrogens is 266 g/mol. The van der Waals surface area contributed by atoms with E-state index in [1.54, 1.807) is 7.11 Å². The molecule has 110 valence electrons. The number of benzene rings is 1. The Hall–Kier alpha value is -0.670. The Morgan fingerprint density at radius 2 is 1.90 bits per heavy atom. The molecule has 2 saturated heterocycles. The summed E-state index contributed by atoms with van der Waals surface area (Å²) in [7, 11) is 1.73. The van der Waals surface area contributed by atoms with Crippen LogP contribution >= 0.6 is 11.8 Å². The predicted octanol–water partition coefficient (Wildman–Crippen LogP) is 3.46. The van der Waals surface area contributed by atoms with E-state index in [-0.39, 0.29) is 0 Å². The fraction of sp³-hybridized carbons (Fsp3) is 0.647. The van der Waals surface area contributed by atoms with Crippen LogP contribution in [0.3, 0.4) is 0 Å². The summed E-state index contributed by atoms with van der Waals surface area (Å²) in [6, 6.07) is 9.48. The van der Waals surface area contributed by atoms with Crippen LogP contribution in [0.1, 0.15) is 24.8 Å². The molecule has 2 nitrogen and oxygen atoms in total. The molecule has 1 unspecified atom stereocenters. The van der Waals surface area contributed by atoms with Crippen LogP contribution in [-0.4, -0.2) is 42.6 Å². The fourth-order valence-corrected chi connectivity index (χ4v) is 4.59. The van der Waals surface area contributed by atoms with E-state index in [0.717, 1.165) is 17.7 Å². The first kappa shape index (κ1) is 14.3. The maximum atomic E-state index is 5.23. The quantitative estimate of drug-likeness (QED) is 0.843. The zero-order valence-corrected chi connectivity index (χ0v) is 13.2. The summed E-state index contributed by atoms with van der Waals surface area (Å²) in [5.41, 5.74) is 1.46. The zero-order valence-electron chi connectivity index (χ0n) is 12.4. The Balaban J connectivity index is 1.51. The largest absolute Gasteiger partial charge is 0.497 e. The minimum absolute atomic E-state index is 0.845. The molecule has 0 bridgehead atoms. The van der Waals surface area contributed by atoms with Gasteiger partial charge < -0.3 is 9.64 Å². The maximum absolute atomic E-state index is 5.23. The van der Waals surface area contributed by atoms with Gasteiger partial charge in [-0.15, -0.1) is 0 Å². The van der Waals surface area contributed by atoms with E-state index in [9.17, 15) is 0 Å². The van der Waals surface area contributed by atoms with E-state index in [0.29, 0.717) is 0 Å². The van der Waals surface area contributed by atoms with E-state index >= 15 is 0 Å². The molecule has 0 aromatic heterocycles. The van der Waals surface area contributed by atoms with Gasteiger partial charge in [-0.3, -0.25) is 0 Å². The molecule has 2 heterocycles. The van der Waals surface area contributed by atoms with Gasteiger partial charge in [-0.25, -0.2) is 0 Å². The molecule has 2 fully saturated rings. The van der Waals surface area contributed by atoms with Gasteiger partial charge in [0.05, 0.1) is 7.11 Å². The van der Waals surface area contributed by atoms with E-state index < -0.39 is 0 Å². The highest BCUT2D eigenvalue weighted by molar-refractivity contribution is 7.99. The Labute approximate surface area is 126 Å². The molecule has 2 aliphatic heterocycles. The van der Waals surface area contributed by atoms with Crippen molar-refractivity contribution < 1.29 is 4.74 Å². The van der Waals surface area contributed by atoms with Crippen LogP contribution in [0.4, 0.5) is 0 Å². The first-order chi connectivity index (χ1) is 9.85. The zero-order chi connectivity index (χ0) is 13.8. The lowest BCUT2D eigenvalue weighted by atomic mass is 9.98. The number of hydrogen-bond donors (Lipinski definition) is 0. The fourth-order valence-electron chi connectivity index (χ4n) is 3.51. The molecule has 0 spiro atoms. The average molecular weight is 291 g/mol. The standard InChI is InChI=1S/C17H25NOS/c1-19-17-4-2-14(3-5-17)12-15-6-9-18(13-15)16-7-10-20-11-8-16/h2-5,15-16H,6-13H2,1H3. The summed E-state index contributed by atoms with van der Waals surface area (Å²) in [6.07, 6.45) is 5.40. The lowest BCUT2D eigenvalue weighted by Gasteiger charge is -2.30. The average Bonchev–Trinajstić information content (AvgIpc) is 2.97. The van der Waals surface area contributed by atoms with Crippen LogP contribution in [-0.2, 0) is 6.42 Å². The van der Waals surface area contributed by atoms with Crippen molar-refractivity contribution in [3.05, 3.63) is 29.8 Å². The molecule has 2 aliphatic rings. The second-order valence-corrected chi connectivity index (χ2v) is 7.27. The van der Waals surface area contributed by atoms with E-state index in [1.807, 2.05) is 0 Å². The third kappa shape index (κ3) is 3.50. The Bertz CT molecular complexity index is 414. The van der Waals surface area contributed by atoms with Crippen LogP contribution in [0, 0.1) is 5.92 Å². The molecule has 0 radical (unpaired) electrons. The monoisotopic (exact) mass is 291 g/mol. The van der Waals surface area contributed by atoms with E-state index in [2.05, 4.69) is 40.9 Å². The Kier molecular flexibility index (Phi) is 4.90. The molecule has 0 aliphatic carbocycles. The minimum Gasteiger partial charge on any atom is -0.497 e. The Morgan fingerprint density at radius 3 is 2.60 bits per heavy atom. The summed E-state index contributed by atoms with van der Waals surface area (Å²) in [4.78, 5) is 2.76. The van der Waals surface area contributed by atoms with E-state index in [4.69, 9.17) is 4.74 Å². The van der Waals surface area contributed by atoms with Gasteiger partial charge >= 0.3 is 0 Å². The highest BCUT2D eigenvalue weighted by atomic mass is 32.2. The number of hydrogen-bond acceptors (Lipinski definition) is 3. The SMILES string of the molecule is COc1ccc(CC2CCN(C3CCSCC3)C2)cc1. The van der Waals surface area contributed by atoms with Crippen molar-refractivity contribution in [3.8, 4) is 5.75 Å². The number of likely N-dealkylation sites (tertiary alicyclic amines) is 1. The number of nitrogens with zero attached hydrogens (tertiary/aromatic N) is 1. The molecular formula is C17H25NOS. The number of thioether (sulfide) groups is 1. The van der Waals surface area contributed by atoms with Crippen molar-refractivity contribution in [2.75, 3.05) is 31.7 Å². The van der Waals surface area contributed by atoms with Crippen molar-refractivity contribution in [2.45, 2.75) is 31.7 Å². The second kappa shape index (κ2) is 6.86. The molecule has 0 saturated carbocycles. The maximum Gasteiger partial charge on any atom is 0.118 e.